The zero-order valence-electron chi connectivity index (χ0n) is 9.36. The molecule has 0 aliphatic heterocycles. The fraction of sp³-hybridized carbons (Fsp3) is 0.214. The molecule has 1 heterocycles. The van der Waals surface area contributed by atoms with Crippen molar-refractivity contribution in [3.05, 3.63) is 58.4 Å². The summed E-state index contributed by atoms with van der Waals surface area (Å²) in [5.74, 6) is 0. The van der Waals surface area contributed by atoms with E-state index in [1.54, 1.807) is 6.07 Å². The minimum Gasteiger partial charge on any atom is -0.358 e. The molecule has 2 nitrogen and oxygen atoms in total. The number of nitrogens with one attached hydrogen (secondary N) is 1. The van der Waals surface area contributed by atoms with Crippen molar-refractivity contribution in [1.29, 1.82) is 0 Å². The molecule has 1 aromatic heterocycles. The second-order valence-corrected chi connectivity index (χ2v) is 3.79. The first-order valence-corrected chi connectivity index (χ1v) is 5.57. The quantitative estimate of drug-likeness (QED) is 0.781. The number of benzene rings is 1. The Morgan fingerprint density at radius 1 is 1.25 bits per heavy atom. The molecule has 16 heavy (non-hydrogen) atoms. The lowest BCUT2D eigenvalue weighted by Crippen LogP contribution is -2.04. The van der Waals surface area contributed by atoms with Crippen LogP contribution in [0.15, 0.2) is 47.3 Å². The van der Waals surface area contributed by atoms with Crippen LogP contribution in [-0.2, 0) is 6.42 Å². The lowest BCUT2D eigenvalue weighted by Gasteiger charge is -2.01. The first-order valence-electron chi connectivity index (χ1n) is 5.57. The largest absolute Gasteiger partial charge is 0.358 e. The first kappa shape index (κ1) is 10.7. The Balaban J connectivity index is 2.42. The van der Waals surface area contributed by atoms with Crippen molar-refractivity contribution >= 4 is 10.9 Å². The molecular weight excluding hydrogens is 198 g/mol. The van der Waals surface area contributed by atoms with E-state index in [0.29, 0.717) is 0 Å². The maximum atomic E-state index is 11.8. The third-order valence-electron chi connectivity index (χ3n) is 2.53. The van der Waals surface area contributed by atoms with E-state index in [9.17, 15) is 4.79 Å². The van der Waals surface area contributed by atoms with E-state index >= 15 is 0 Å². The fourth-order valence-corrected chi connectivity index (χ4v) is 1.74. The van der Waals surface area contributed by atoms with Crippen LogP contribution in [0.2, 0.25) is 0 Å². The summed E-state index contributed by atoms with van der Waals surface area (Å²) in [5, 5.41) is 0.755. The summed E-state index contributed by atoms with van der Waals surface area (Å²) in [6.07, 6.45) is 6.00. The van der Waals surface area contributed by atoms with Gasteiger partial charge in [0.25, 0.3) is 0 Å². The third kappa shape index (κ3) is 2.22. The van der Waals surface area contributed by atoms with Gasteiger partial charge in [0.05, 0.1) is 0 Å². The van der Waals surface area contributed by atoms with E-state index in [0.717, 1.165) is 29.4 Å². The molecule has 0 amide bonds. The SMILES string of the molecule is CC/C=C/Cc1cc(=O)c2ccccc2[nH]1. The summed E-state index contributed by atoms with van der Waals surface area (Å²) >= 11 is 0. The Morgan fingerprint density at radius 2 is 2.06 bits per heavy atom. The number of allylic oxidation sites excluding steroid dienone is 2. The monoisotopic (exact) mass is 213 g/mol. The number of para-hydroxylation sites is 1. The van der Waals surface area contributed by atoms with Crippen molar-refractivity contribution in [3.63, 3.8) is 0 Å². The standard InChI is InChI=1S/C14H15NO/c1-2-3-4-7-11-10-14(16)12-8-5-6-9-13(12)15-11/h3-6,8-10H,2,7H2,1H3,(H,15,16)/b4-3+. The zero-order chi connectivity index (χ0) is 11.4. The van der Waals surface area contributed by atoms with Crippen LogP contribution < -0.4 is 5.43 Å². The zero-order valence-corrected chi connectivity index (χ0v) is 9.36. The molecule has 0 bridgehead atoms. The van der Waals surface area contributed by atoms with E-state index in [1.807, 2.05) is 24.3 Å². The molecule has 0 spiro atoms. The highest BCUT2D eigenvalue weighted by Gasteiger charge is 1.99. The smallest absolute Gasteiger partial charge is 0.189 e. The van der Waals surface area contributed by atoms with E-state index in [-0.39, 0.29) is 5.43 Å². The topological polar surface area (TPSA) is 32.9 Å². The number of rotatable bonds is 3. The van der Waals surface area contributed by atoms with Crippen molar-refractivity contribution in [2.75, 3.05) is 0 Å². The average Bonchev–Trinajstić information content (AvgIpc) is 2.30. The van der Waals surface area contributed by atoms with Crippen LogP contribution in [0.1, 0.15) is 19.0 Å². The highest BCUT2D eigenvalue weighted by atomic mass is 16.1. The van der Waals surface area contributed by atoms with Gasteiger partial charge in [0.2, 0.25) is 0 Å². The molecule has 0 unspecified atom stereocenters. The van der Waals surface area contributed by atoms with Crippen LogP contribution in [0.3, 0.4) is 0 Å². The van der Waals surface area contributed by atoms with Crippen molar-refractivity contribution in [2.45, 2.75) is 19.8 Å². The Labute approximate surface area is 94.6 Å². The van der Waals surface area contributed by atoms with Gasteiger partial charge < -0.3 is 4.98 Å². The molecule has 2 aromatic rings. The number of aromatic amines is 1. The van der Waals surface area contributed by atoms with Crippen LogP contribution in [0, 0.1) is 0 Å². The molecular formula is C14H15NO. The average molecular weight is 213 g/mol. The van der Waals surface area contributed by atoms with Crippen molar-refractivity contribution in [3.8, 4) is 0 Å². The number of hydrogen-bond donors (Lipinski definition) is 1. The van der Waals surface area contributed by atoms with Gasteiger partial charge >= 0.3 is 0 Å². The Kier molecular flexibility index (Phi) is 3.20. The van der Waals surface area contributed by atoms with Gasteiger partial charge in [0.15, 0.2) is 5.43 Å². The third-order valence-corrected chi connectivity index (χ3v) is 2.53. The van der Waals surface area contributed by atoms with E-state index in [4.69, 9.17) is 0 Å². The minimum atomic E-state index is 0.0919. The van der Waals surface area contributed by atoms with Gasteiger partial charge in [-0.25, -0.2) is 0 Å². The van der Waals surface area contributed by atoms with Crippen LogP contribution >= 0.6 is 0 Å². The number of H-pyrrole nitrogens is 1. The van der Waals surface area contributed by atoms with Crippen molar-refractivity contribution < 1.29 is 0 Å². The highest BCUT2D eigenvalue weighted by Crippen LogP contribution is 2.07. The molecule has 82 valence electrons. The fourth-order valence-electron chi connectivity index (χ4n) is 1.74. The molecule has 0 atom stereocenters. The van der Waals surface area contributed by atoms with Gasteiger partial charge in [-0.05, 0) is 18.6 Å². The van der Waals surface area contributed by atoms with E-state index in [2.05, 4.69) is 24.1 Å². The van der Waals surface area contributed by atoms with E-state index in [1.165, 1.54) is 0 Å². The summed E-state index contributed by atoms with van der Waals surface area (Å²) in [5.41, 5.74) is 1.97. The molecule has 0 saturated carbocycles. The van der Waals surface area contributed by atoms with Crippen molar-refractivity contribution in [2.24, 2.45) is 0 Å². The molecule has 0 saturated heterocycles. The van der Waals surface area contributed by atoms with Gasteiger partial charge in [0, 0.05) is 29.1 Å². The second-order valence-electron chi connectivity index (χ2n) is 3.79. The number of aromatic nitrogens is 1. The molecule has 0 radical (unpaired) electrons. The van der Waals surface area contributed by atoms with Gasteiger partial charge in [-0.3, -0.25) is 4.79 Å². The first-order chi connectivity index (χ1) is 7.81. The highest BCUT2D eigenvalue weighted by molar-refractivity contribution is 5.78. The van der Waals surface area contributed by atoms with Crippen molar-refractivity contribution in [1.82, 2.24) is 4.98 Å². The summed E-state index contributed by atoms with van der Waals surface area (Å²) in [7, 11) is 0. The Bertz CT molecular complexity index is 566. The predicted octanol–water partition coefficient (Wildman–Crippen LogP) is 3.04. The summed E-state index contributed by atoms with van der Waals surface area (Å²) in [6, 6.07) is 9.28. The van der Waals surface area contributed by atoms with Crippen LogP contribution in [0.5, 0.6) is 0 Å². The number of hydrogen-bond acceptors (Lipinski definition) is 1. The molecule has 0 aliphatic rings. The normalized spacial score (nSPS) is 11.3. The Hall–Kier alpha value is -1.83. The predicted molar refractivity (Wildman–Crippen MR) is 67.7 cm³/mol. The lowest BCUT2D eigenvalue weighted by molar-refractivity contribution is 1.11. The molecule has 2 heteroatoms. The maximum Gasteiger partial charge on any atom is 0.189 e. The van der Waals surface area contributed by atoms with Gasteiger partial charge in [-0.1, -0.05) is 31.2 Å². The summed E-state index contributed by atoms with van der Waals surface area (Å²) < 4.78 is 0. The van der Waals surface area contributed by atoms with Gasteiger partial charge in [-0.15, -0.1) is 0 Å². The second kappa shape index (κ2) is 4.79. The summed E-state index contributed by atoms with van der Waals surface area (Å²) in [6.45, 7) is 2.10. The van der Waals surface area contributed by atoms with Crippen LogP contribution in [0.4, 0.5) is 0 Å². The molecule has 0 fully saturated rings. The number of pyridine rings is 1. The molecule has 2 rings (SSSR count). The van der Waals surface area contributed by atoms with Crippen LogP contribution in [-0.4, -0.2) is 4.98 Å². The number of fused-ring (bicyclic) bond motifs is 1. The molecule has 0 aliphatic carbocycles. The Morgan fingerprint density at radius 3 is 2.88 bits per heavy atom. The van der Waals surface area contributed by atoms with Crippen LogP contribution in [0.25, 0.3) is 10.9 Å². The van der Waals surface area contributed by atoms with Gasteiger partial charge in [-0.2, -0.15) is 0 Å². The van der Waals surface area contributed by atoms with E-state index < -0.39 is 0 Å². The summed E-state index contributed by atoms with van der Waals surface area (Å²) in [4.78, 5) is 15.1. The maximum absolute atomic E-state index is 11.8. The lowest BCUT2D eigenvalue weighted by atomic mass is 10.1. The minimum absolute atomic E-state index is 0.0919. The molecule has 1 N–H and O–H groups in total. The molecule has 1 aromatic carbocycles. The van der Waals surface area contributed by atoms with Gasteiger partial charge in [0.1, 0.15) is 0 Å².